The van der Waals surface area contributed by atoms with Crippen LogP contribution in [0.3, 0.4) is 0 Å². The molecule has 1 aliphatic heterocycles. The molecule has 1 aliphatic rings. The van der Waals surface area contributed by atoms with Crippen molar-refractivity contribution in [3.63, 3.8) is 0 Å². The molecule has 0 saturated carbocycles. The normalized spacial score (nSPS) is 20.8. The standard InChI is InChI=1S/C13H27NO/c1-4-13(5-2)12(3)6-7-14-8-10-15-11-9-14/h12-13H,4-11H2,1-3H3. The third-order valence-electron chi connectivity index (χ3n) is 3.86. The van der Waals surface area contributed by atoms with Gasteiger partial charge in [-0.05, 0) is 24.8 Å². The molecule has 90 valence electrons. The summed E-state index contributed by atoms with van der Waals surface area (Å²) in [5, 5.41) is 0. The summed E-state index contributed by atoms with van der Waals surface area (Å²) in [4.78, 5) is 2.54. The van der Waals surface area contributed by atoms with Gasteiger partial charge in [-0.15, -0.1) is 0 Å². The van der Waals surface area contributed by atoms with E-state index in [-0.39, 0.29) is 0 Å². The van der Waals surface area contributed by atoms with Crippen LogP contribution in [0.15, 0.2) is 0 Å². The fourth-order valence-electron chi connectivity index (χ4n) is 2.54. The number of hydrogen-bond acceptors (Lipinski definition) is 2. The summed E-state index contributed by atoms with van der Waals surface area (Å²) in [6.07, 6.45) is 4.02. The van der Waals surface area contributed by atoms with Crippen LogP contribution in [0.2, 0.25) is 0 Å². The maximum Gasteiger partial charge on any atom is 0.0594 e. The van der Waals surface area contributed by atoms with Gasteiger partial charge in [0.2, 0.25) is 0 Å². The molecule has 0 aromatic carbocycles. The molecule has 1 saturated heterocycles. The van der Waals surface area contributed by atoms with Crippen LogP contribution in [-0.2, 0) is 4.74 Å². The van der Waals surface area contributed by atoms with Crippen LogP contribution in [0.25, 0.3) is 0 Å². The Hall–Kier alpha value is -0.0800. The summed E-state index contributed by atoms with van der Waals surface area (Å²) >= 11 is 0. The van der Waals surface area contributed by atoms with Crippen LogP contribution >= 0.6 is 0 Å². The molecule has 1 atom stereocenters. The first-order valence-electron chi connectivity index (χ1n) is 6.58. The zero-order valence-electron chi connectivity index (χ0n) is 10.7. The molecule has 15 heavy (non-hydrogen) atoms. The minimum Gasteiger partial charge on any atom is -0.379 e. The molecule has 0 aromatic rings. The van der Waals surface area contributed by atoms with E-state index in [2.05, 4.69) is 25.7 Å². The van der Waals surface area contributed by atoms with E-state index in [4.69, 9.17) is 4.74 Å². The van der Waals surface area contributed by atoms with Crippen molar-refractivity contribution in [3.05, 3.63) is 0 Å². The van der Waals surface area contributed by atoms with Crippen molar-refractivity contribution in [2.24, 2.45) is 11.8 Å². The number of rotatable bonds is 6. The SMILES string of the molecule is CCC(CC)C(C)CCN1CCOCC1. The zero-order chi connectivity index (χ0) is 11.1. The van der Waals surface area contributed by atoms with Crippen molar-refractivity contribution in [1.29, 1.82) is 0 Å². The maximum absolute atomic E-state index is 5.35. The molecule has 1 fully saturated rings. The van der Waals surface area contributed by atoms with Gasteiger partial charge in [0.05, 0.1) is 13.2 Å². The lowest BCUT2D eigenvalue weighted by molar-refractivity contribution is 0.0343. The van der Waals surface area contributed by atoms with E-state index in [0.29, 0.717) is 0 Å². The van der Waals surface area contributed by atoms with Crippen molar-refractivity contribution in [2.75, 3.05) is 32.8 Å². The minimum atomic E-state index is 0.878. The highest BCUT2D eigenvalue weighted by molar-refractivity contribution is 4.68. The molecule has 0 aromatic heterocycles. The quantitative estimate of drug-likeness (QED) is 0.672. The largest absolute Gasteiger partial charge is 0.379 e. The second kappa shape index (κ2) is 7.24. The number of ether oxygens (including phenoxy) is 1. The van der Waals surface area contributed by atoms with Crippen molar-refractivity contribution in [2.45, 2.75) is 40.0 Å². The minimum absolute atomic E-state index is 0.878. The molecule has 2 heteroatoms. The van der Waals surface area contributed by atoms with Gasteiger partial charge in [0.15, 0.2) is 0 Å². The van der Waals surface area contributed by atoms with E-state index in [1.807, 2.05) is 0 Å². The Morgan fingerprint density at radius 3 is 2.27 bits per heavy atom. The molecule has 0 aliphatic carbocycles. The van der Waals surface area contributed by atoms with Crippen LogP contribution in [-0.4, -0.2) is 37.7 Å². The maximum atomic E-state index is 5.35. The molecule has 0 spiro atoms. The van der Waals surface area contributed by atoms with E-state index >= 15 is 0 Å². The number of hydrogen-bond donors (Lipinski definition) is 0. The van der Waals surface area contributed by atoms with Gasteiger partial charge in [-0.1, -0.05) is 33.6 Å². The lowest BCUT2D eigenvalue weighted by Crippen LogP contribution is -2.37. The molecule has 0 bridgehead atoms. The van der Waals surface area contributed by atoms with Gasteiger partial charge in [-0.2, -0.15) is 0 Å². The Balaban J connectivity index is 2.16. The second-order valence-corrected chi connectivity index (χ2v) is 4.80. The fourth-order valence-corrected chi connectivity index (χ4v) is 2.54. The van der Waals surface area contributed by atoms with Gasteiger partial charge in [0, 0.05) is 13.1 Å². The smallest absolute Gasteiger partial charge is 0.0594 e. The van der Waals surface area contributed by atoms with Crippen molar-refractivity contribution >= 4 is 0 Å². The first-order valence-corrected chi connectivity index (χ1v) is 6.58. The summed E-state index contributed by atoms with van der Waals surface area (Å²) in [6.45, 7) is 12.4. The third kappa shape index (κ3) is 4.52. The van der Waals surface area contributed by atoms with E-state index in [1.165, 1.54) is 25.8 Å². The van der Waals surface area contributed by atoms with Crippen molar-refractivity contribution < 1.29 is 4.74 Å². The Bertz CT molecular complexity index is 151. The van der Waals surface area contributed by atoms with Gasteiger partial charge in [-0.3, -0.25) is 4.90 Å². The first-order chi connectivity index (χ1) is 7.27. The Kier molecular flexibility index (Phi) is 6.26. The third-order valence-corrected chi connectivity index (χ3v) is 3.86. The van der Waals surface area contributed by atoms with Crippen LogP contribution in [0, 0.1) is 11.8 Å². The van der Waals surface area contributed by atoms with E-state index in [0.717, 1.165) is 38.1 Å². The lowest BCUT2D eigenvalue weighted by Gasteiger charge is -2.29. The predicted octanol–water partition coefficient (Wildman–Crippen LogP) is 2.78. The van der Waals surface area contributed by atoms with E-state index in [1.54, 1.807) is 0 Å². The monoisotopic (exact) mass is 213 g/mol. The second-order valence-electron chi connectivity index (χ2n) is 4.80. The average Bonchev–Trinajstić information content (AvgIpc) is 2.29. The highest BCUT2D eigenvalue weighted by atomic mass is 16.5. The van der Waals surface area contributed by atoms with Gasteiger partial charge < -0.3 is 4.74 Å². The van der Waals surface area contributed by atoms with Crippen LogP contribution < -0.4 is 0 Å². The van der Waals surface area contributed by atoms with Crippen LogP contribution in [0.5, 0.6) is 0 Å². The van der Waals surface area contributed by atoms with Crippen LogP contribution in [0.1, 0.15) is 40.0 Å². The van der Waals surface area contributed by atoms with Gasteiger partial charge in [0.25, 0.3) is 0 Å². The first kappa shape index (κ1) is 13.0. The number of nitrogens with zero attached hydrogens (tertiary/aromatic N) is 1. The molecule has 0 amide bonds. The molecule has 0 N–H and O–H groups in total. The van der Waals surface area contributed by atoms with Gasteiger partial charge in [-0.25, -0.2) is 0 Å². The lowest BCUT2D eigenvalue weighted by atomic mass is 9.87. The summed E-state index contributed by atoms with van der Waals surface area (Å²) in [6, 6.07) is 0. The average molecular weight is 213 g/mol. The Morgan fingerprint density at radius 1 is 1.13 bits per heavy atom. The van der Waals surface area contributed by atoms with E-state index < -0.39 is 0 Å². The molecule has 2 nitrogen and oxygen atoms in total. The molecule has 1 heterocycles. The van der Waals surface area contributed by atoms with Gasteiger partial charge in [0.1, 0.15) is 0 Å². The highest BCUT2D eigenvalue weighted by Crippen LogP contribution is 2.22. The number of morpholine rings is 1. The fraction of sp³-hybridized carbons (Fsp3) is 1.00. The van der Waals surface area contributed by atoms with Crippen molar-refractivity contribution in [1.82, 2.24) is 4.90 Å². The van der Waals surface area contributed by atoms with Crippen molar-refractivity contribution in [3.8, 4) is 0 Å². The molecule has 1 rings (SSSR count). The topological polar surface area (TPSA) is 12.5 Å². The Labute approximate surface area is 95.0 Å². The highest BCUT2D eigenvalue weighted by Gasteiger charge is 2.16. The summed E-state index contributed by atoms with van der Waals surface area (Å²) in [7, 11) is 0. The zero-order valence-corrected chi connectivity index (χ0v) is 10.7. The van der Waals surface area contributed by atoms with Gasteiger partial charge >= 0.3 is 0 Å². The molecular weight excluding hydrogens is 186 g/mol. The molecule has 1 unspecified atom stereocenters. The van der Waals surface area contributed by atoms with E-state index in [9.17, 15) is 0 Å². The summed E-state index contributed by atoms with van der Waals surface area (Å²) in [5.41, 5.74) is 0. The van der Waals surface area contributed by atoms with Crippen LogP contribution in [0.4, 0.5) is 0 Å². The molecule has 0 radical (unpaired) electrons. The summed E-state index contributed by atoms with van der Waals surface area (Å²) < 4.78 is 5.35. The predicted molar refractivity (Wildman–Crippen MR) is 65.1 cm³/mol. The Morgan fingerprint density at radius 2 is 1.73 bits per heavy atom. The molecular formula is C13H27NO. The summed E-state index contributed by atoms with van der Waals surface area (Å²) in [5.74, 6) is 1.80.